The maximum Gasteiger partial charge on any atom is 0.326 e. The molecule has 3 fully saturated rings. The number of methoxy groups -OCH3 is 1. The van der Waals surface area contributed by atoms with Gasteiger partial charge in [0.05, 0.1) is 18.8 Å². The van der Waals surface area contributed by atoms with Gasteiger partial charge in [0.25, 0.3) is 0 Å². The topological polar surface area (TPSA) is 105 Å². The number of ether oxygens (including phenoxy) is 1. The van der Waals surface area contributed by atoms with Crippen molar-refractivity contribution < 1.29 is 19.4 Å². The van der Waals surface area contributed by atoms with Crippen molar-refractivity contribution in [2.75, 3.05) is 7.11 Å². The second-order valence-corrected chi connectivity index (χ2v) is 12.9. The fraction of sp³-hybridized carbons (Fsp3) is 0.625. The molecule has 0 unspecified atom stereocenters. The number of benzene rings is 1. The molecule has 2 aromatic rings. The SMILES string of the molecule is COc1nnc(C2CCC2)cc1CN[C@H]1[C@H](C(C)(C)C)[C@@H](C(=O)O)N(C(=O)C2CCCCC2)[C@H]1c1ccccc1. The third kappa shape index (κ3) is 5.60. The monoisotopic (exact) mass is 548 g/mol. The highest BCUT2D eigenvalue weighted by Gasteiger charge is 2.58. The quantitative estimate of drug-likeness (QED) is 0.449. The predicted octanol–water partition coefficient (Wildman–Crippen LogP) is 5.49. The molecule has 216 valence electrons. The van der Waals surface area contributed by atoms with E-state index in [0.717, 1.165) is 61.8 Å². The molecule has 1 aliphatic heterocycles. The van der Waals surface area contributed by atoms with Crippen LogP contribution in [0.2, 0.25) is 0 Å². The number of carbonyl (C=O) groups is 2. The smallest absolute Gasteiger partial charge is 0.326 e. The van der Waals surface area contributed by atoms with Crippen LogP contribution in [0.1, 0.15) is 101 Å². The van der Waals surface area contributed by atoms with Crippen LogP contribution in [0.15, 0.2) is 36.4 Å². The Bertz CT molecular complexity index is 1190. The normalized spacial score (nSPS) is 25.9. The van der Waals surface area contributed by atoms with Gasteiger partial charge in [-0.2, -0.15) is 5.10 Å². The van der Waals surface area contributed by atoms with Crippen molar-refractivity contribution in [2.45, 2.75) is 103 Å². The van der Waals surface area contributed by atoms with Crippen LogP contribution in [0.4, 0.5) is 0 Å². The number of nitrogens with zero attached hydrogens (tertiary/aromatic N) is 3. The summed E-state index contributed by atoms with van der Waals surface area (Å²) in [5, 5.41) is 23.2. The molecule has 1 saturated heterocycles. The van der Waals surface area contributed by atoms with Crippen molar-refractivity contribution in [3.05, 3.63) is 53.2 Å². The third-order valence-electron chi connectivity index (χ3n) is 9.37. The van der Waals surface area contributed by atoms with Crippen LogP contribution in [0.25, 0.3) is 0 Å². The number of hydrogen-bond acceptors (Lipinski definition) is 6. The van der Waals surface area contributed by atoms with Crippen molar-refractivity contribution >= 4 is 11.9 Å². The lowest BCUT2D eigenvalue weighted by atomic mass is 9.72. The van der Waals surface area contributed by atoms with E-state index in [4.69, 9.17) is 4.74 Å². The summed E-state index contributed by atoms with van der Waals surface area (Å²) in [6, 6.07) is 10.4. The van der Waals surface area contributed by atoms with Gasteiger partial charge in [-0.05, 0) is 42.7 Å². The van der Waals surface area contributed by atoms with E-state index in [-0.39, 0.29) is 29.2 Å². The summed E-state index contributed by atoms with van der Waals surface area (Å²) >= 11 is 0. The highest BCUT2D eigenvalue weighted by molar-refractivity contribution is 5.87. The second-order valence-electron chi connectivity index (χ2n) is 12.9. The first-order valence-corrected chi connectivity index (χ1v) is 14.9. The molecule has 1 aromatic carbocycles. The summed E-state index contributed by atoms with van der Waals surface area (Å²) in [7, 11) is 1.60. The fourth-order valence-electron chi connectivity index (χ4n) is 7.15. The lowest BCUT2D eigenvalue weighted by molar-refractivity contribution is -0.154. The molecule has 0 bridgehead atoms. The Morgan fingerprint density at radius 3 is 2.30 bits per heavy atom. The number of likely N-dealkylation sites (tertiary alicyclic amines) is 1. The molecule has 3 aliphatic rings. The molecule has 0 spiro atoms. The van der Waals surface area contributed by atoms with Crippen LogP contribution in [-0.2, 0) is 16.1 Å². The Balaban J connectivity index is 1.55. The van der Waals surface area contributed by atoms with E-state index in [1.165, 1.54) is 6.42 Å². The fourth-order valence-corrected chi connectivity index (χ4v) is 7.15. The second kappa shape index (κ2) is 11.9. The van der Waals surface area contributed by atoms with Gasteiger partial charge in [0, 0.05) is 35.9 Å². The first kappa shape index (κ1) is 28.5. The summed E-state index contributed by atoms with van der Waals surface area (Å²) in [4.78, 5) is 29.0. The summed E-state index contributed by atoms with van der Waals surface area (Å²) in [5.74, 6) is -0.505. The zero-order chi connectivity index (χ0) is 28.4. The molecule has 2 N–H and O–H groups in total. The molecule has 1 amide bonds. The molecule has 1 aromatic heterocycles. The molecular formula is C32H44N4O4. The van der Waals surface area contributed by atoms with Crippen LogP contribution in [-0.4, -0.2) is 51.3 Å². The van der Waals surface area contributed by atoms with Gasteiger partial charge in [0.2, 0.25) is 11.8 Å². The van der Waals surface area contributed by atoms with Gasteiger partial charge in [-0.25, -0.2) is 4.79 Å². The molecule has 2 heterocycles. The van der Waals surface area contributed by atoms with Crippen molar-refractivity contribution in [1.29, 1.82) is 0 Å². The third-order valence-corrected chi connectivity index (χ3v) is 9.37. The van der Waals surface area contributed by atoms with E-state index in [9.17, 15) is 14.7 Å². The number of carboxylic acids is 1. The Morgan fingerprint density at radius 2 is 1.73 bits per heavy atom. The average molecular weight is 549 g/mol. The van der Waals surface area contributed by atoms with E-state index < -0.39 is 18.1 Å². The lowest BCUT2D eigenvalue weighted by Gasteiger charge is -2.36. The highest BCUT2D eigenvalue weighted by Crippen LogP contribution is 2.49. The van der Waals surface area contributed by atoms with Gasteiger partial charge < -0.3 is 20.1 Å². The summed E-state index contributed by atoms with van der Waals surface area (Å²) in [5.41, 5.74) is 2.47. The molecule has 8 nitrogen and oxygen atoms in total. The first-order chi connectivity index (χ1) is 19.2. The van der Waals surface area contributed by atoms with Crippen molar-refractivity contribution in [1.82, 2.24) is 20.4 Å². The lowest BCUT2D eigenvalue weighted by Crippen LogP contribution is -2.49. The maximum absolute atomic E-state index is 14.2. The molecular weight excluding hydrogens is 504 g/mol. The largest absolute Gasteiger partial charge is 0.480 e. The van der Waals surface area contributed by atoms with E-state index in [2.05, 4.69) is 42.4 Å². The Labute approximate surface area is 237 Å². The van der Waals surface area contributed by atoms with E-state index >= 15 is 0 Å². The number of aromatic nitrogens is 2. The van der Waals surface area contributed by atoms with Crippen LogP contribution < -0.4 is 10.1 Å². The Hall–Kier alpha value is -3.00. The Kier molecular flexibility index (Phi) is 8.45. The van der Waals surface area contributed by atoms with Crippen molar-refractivity contribution in [3.63, 3.8) is 0 Å². The van der Waals surface area contributed by atoms with Crippen molar-refractivity contribution in [2.24, 2.45) is 17.3 Å². The van der Waals surface area contributed by atoms with Crippen LogP contribution in [0.5, 0.6) is 5.88 Å². The number of nitrogens with one attached hydrogen (secondary N) is 1. The van der Waals surface area contributed by atoms with Gasteiger partial charge in [0.1, 0.15) is 6.04 Å². The number of carbonyl (C=O) groups excluding carboxylic acids is 1. The maximum atomic E-state index is 14.2. The first-order valence-electron chi connectivity index (χ1n) is 14.9. The van der Waals surface area contributed by atoms with E-state index in [1.54, 1.807) is 12.0 Å². The zero-order valence-corrected chi connectivity index (χ0v) is 24.3. The molecule has 5 rings (SSSR count). The van der Waals surface area contributed by atoms with Gasteiger partial charge in [-0.3, -0.25) is 4.79 Å². The molecule has 0 radical (unpaired) electrons. The van der Waals surface area contributed by atoms with Gasteiger partial charge in [-0.1, -0.05) is 76.8 Å². The predicted molar refractivity (Wildman–Crippen MR) is 153 cm³/mol. The van der Waals surface area contributed by atoms with Crippen LogP contribution in [0.3, 0.4) is 0 Å². The molecule has 40 heavy (non-hydrogen) atoms. The highest BCUT2D eigenvalue weighted by atomic mass is 16.5. The standard InChI is InChI=1S/C32H44N4O4/c1-32(2,3)25-26(33-19-23-18-24(20-16-11-17-20)34-35-29(23)40-4)27(21-12-7-5-8-13-21)36(28(25)31(38)39)30(37)22-14-9-6-10-15-22/h5,7-8,12-13,18,20,22,25-28,33H,6,9-11,14-17,19H2,1-4H3,(H,38,39)/t25-,26-,27-,28-/m0/s1. The minimum Gasteiger partial charge on any atom is -0.480 e. The van der Waals surface area contributed by atoms with Crippen LogP contribution in [0, 0.1) is 17.3 Å². The molecule has 2 saturated carbocycles. The van der Waals surface area contributed by atoms with E-state index in [1.807, 2.05) is 30.3 Å². The number of hydrogen-bond donors (Lipinski definition) is 2. The van der Waals surface area contributed by atoms with Crippen LogP contribution >= 0.6 is 0 Å². The number of aliphatic carboxylic acids is 1. The minimum atomic E-state index is -0.940. The van der Waals surface area contributed by atoms with Gasteiger partial charge in [-0.15, -0.1) is 5.10 Å². The van der Waals surface area contributed by atoms with Gasteiger partial charge in [0.15, 0.2) is 0 Å². The molecule has 8 heteroatoms. The summed E-state index contributed by atoms with van der Waals surface area (Å²) < 4.78 is 5.58. The van der Waals surface area contributed by atoms with Crippen molar-refractivity contribution in [3.8, 4) is 5.88 Å². The summed E-state index contributed by atoms with van der Waals surface area (Å²) in [6.45, 7) is 6.70. The Morgan fingerprint density at radius 1 is 1.02 bits per heavy atom. The molecule has 4 atom stereocenters. The van der Waals surface area contributed by atoms with E-state index in [0.29, 0.717) is 18.3 Å². The molecule has 2 aliphatic carbocycles. The number of amides is 1. The number of rotatable bonds is 8. The minimum absolute atomic E-state index is 0.0186. The zero-order valence-electron chi connectivity index (χ0n) is 24.3. The van der Waals surface area contributed by atoms with Gasteiger partial charge >= 0.3 is 5.97 Å². The number of carboxylic acid groups (broad SMARTS) is 1. The summed E-state index contributed by atoms with van der Waals surface area (Å²) in [6.07, 6.45) is 8.27. The average Bonchev–Trinajstić information content (AvgIpc) is 3.28.